The molecule has 0 aliphatic carbocycles. The largest absolute Gasteiger partial charge is 0.344 e. The van der Waals surface area contributed by atoms with Gasteiger partial charge in [0.1, 0.15) is 12.1 Å². The van der Waals surface area contributed by atoms with Crippen LogP contribution in [0.25, 0.3) is 0 Å². The van der Waals surface area contributed by atoms with Crippen molar-refractivity contribution in [3.8, 4) is 0 Å². The van der Waals surface area contributed by atoms with Crippen molar-refractivity contribution in [3.63, 3.8) is 0 Å². The first-order valence-electron chi connectivity index (χ1n) is 7.44. The summed E-state index contributed by atoms with van der Waals surface area (Å²) in [7, 11) is 0. The maximum Gasteiger partial charge on any atom is 0.248 e. The molecule has 126 valence electrons. The Morgan fingerprint density at radius 2 is 1.79 bits per heavy atom. The zero-order valence-corrected chi connectivity index (χ0v) is 14.0. The number of thiophene rings is 1. The molecule has 0 radical (unpaired) electrons. The Bertz CT molecular complexity index is 701. The fourth-order valence-electron chi connectivity index (χ4n) is 2.05. The van der Waals surface area contributed by atoms with E-state index in [2.05, 4.69) is 10.6 Å². The predicted octanol–water partition coefficient (Wildman–Crippen LogP) is 1.14. The summed E-state index contributed by atoms with van der Waals surface area (Å²) in [5.74, 6) is -1.48. The molecule has 0 unspecified atom stereocenters. The summed E-state index contributed by atoms with van der Waals surface area (Å²) in [5, 5.41) is 6.67. The average molecular weight is 345 g/mol. The second kappa shape index (κ2) is 8.37. The minimum absolute atomic E-state index is 0.201. The smallest absolute Gasteiger partial charge is 0.248 e. The van der Waals surface area contributed by atoms with Crippen LogP contribution in [0, 0.1) is 0 Å². The molecule has 4 N–H and O–H groups in total. The molecule has 6 nitrogen and oxygen atoms in total. The molecule has 2 aromatic rings. The van der Waals surface area contributed by atoms with E-state index in [1.165, 1.54) is 18.3 Å². The van der Waals surface area contributed by atoms with Crippen LogP contribution in [0.15, 0.2) is 47.8 Å². The van der Waals surface area contributed by atoms with Crippen molar-refractivity contribution in [2.24, 2.45) is 5.73 Å². The topological polar surface area (TPSA) is 101 Å². The molecule has 0 aliphatic rings. The van der Waals surface area contributed by atoms with E-state index in [4.69, 9.17) is 5.73 Å². The van der Waals surface area contributed by atoms with Crippen LogP contribution < -0.4 is 16.4 Å². The highest BCUT2D eigenvalue weighted by atomic mass is 32.1. The number of imide groups is 1. The lowest BCUT2D eigenvalue weighted by molar-refractivity contribution is -0.134. The monoisotopic (exact) mass is 345 g/mol. The Morgan fingerprint density at radius 1 is 1.08 bits per heavy atom. The number of nitrogens with two attached hydrogens (primary N) is 1. The van der Waals surface area contributed by atoms with E-state index in [-0.39, 0.29) is 12.3 Å². The first-order valence-corrected chi connectivity index (χ1v) is 8.32. The van der Waals surface area contributed by atoms with Crippen molar-refractivity contribution >= 4 is 29.1 Å². The Labute approximate surface area is 144 Å². The van der Waals surface area contributed by atoms with Gasteiger partial charge < -0.3 is 11.1 Å². The lowest BCUT2D eigenvalue weighted by Gasteiger charge is -2.16. The summed E-state index contributed by atoms with van der Waals surface area (Å²) >= 11 is 1.47. The first kappa shape index (κ1) is 17.8. The lowest BCUT2D eigenvalue weighted by Crippen LogP contribution is -2.49. The van der Waals surface area contributed by atoms with Gasteiger partial charge in [0.25, 0.3) is 0 Å². The van der Waals surface area contributed by atoms with Crippen molar-refractivity contribution in [1.82, 2.24) is 10.6 Å². The molecule has 24 heavy (non-hydrogen) atoms. The second-order valence-electron chi connectivity index (χ2n) is 5.29. The minimum atomic E-state index is -0.941. The molecule has 0 spiro atoms. The van der Waals surface area contributed by atoms with Crippen molar-refractivity contribution in [2.45, 2.75) is 25.4 Å². The molecular formula is C17H19N3O3S. The third-order valence-corrected chi connectivity index (χ3v) is 4.25. The number of benzene rings is 1. The third-order valence-electron chi connectivity index (χ3n) is 3.37. The van der Waals surface area contributed by atoms with E-state index in [1.54, 1.807) is 24.3 Å². The summed E-state index contributed by atoms with van der Waals surface area (Å²) in [6, 6.07) is 10.7. The van der Waals surface area contributed by atoms with Gasteiger partial charge in [0.2, 0.25) is 17.7 Å². The van der Waals surface area contributed by atoms with E-state index < -0.39 is 23.9 Å². The molecule has 7 heteroatoms. The number of amides is 3. The van der Waals surface area contributed by atoms with Gasteiger partial charge in [0, 0.05) is 4.88 Å². The van der Waals surface area contributed by atoms with E-state index in [0.717, 1.165) is 4.88 Å². The summed E-state index contributed by atoms with van der Waals surface area (Å²) < 4.78 is 0. The summed E-state index contributed by atoms with van der Waals surface area (Å²) in [4.78, 5) is 36.8. The van der Waals surface area contributed by atoms with Crippen LogP contribution in [0.1, 0.15) is 23.4 Å². The van der Waals surface area contributed by atoms with E-state index >= 15 is 0 Å². The highest BCUT2D eigenvalue weighted by molar-refractivity contribution is 7.10. The van der Waals surface area contributed by atoms with Gasteiger partial charge in [0.05, 0.1) is 6.42 Å². The maximum absolute atomic E-state index is 12.0. The molecule has 1 aromatic heterocycles. The number of rotatable bonds is 6. The molecule has 2 rings (SSSR count). The molecule has 0 aliphatic heterocycles. The molecule has 3 amide bonds. The van der Waals surface area contributed by atoms with Gasteiger partial charge in [-0.25, -0.2) is 0 Å². The Balaban J connectivity index is 1.84. The van der Waals surface area contributed by atoms with Crippen molar-refractivity contribution < 1.29 is 14.4 Å². The molecule has 0 fully saturated rings. The van der Waals surface area contributed by atoms with Crippen LogP contribution >= 0.6 is 11.3 Å². The van der Waals surface area contributed by atoms with Crippen LogP contribution in [0.5, 0.6) is 0 Å². The minimum Gasteiger partial charge on any atom is -0.344 e. The van der Waals surface area contributed by atoms with Crippen LogP contribution in [-0.2, 0) is 20.8 Å². The molecule has 0 bridgehead atoms. The van der Waals surface area contributed by atoms with Gasteiger partial charge in [-0.2, -0.15) is 0 Å². The Hall–Kier alpha value is -2.51. The molecule has 0 saturated heterocycles. The van der Waals surface area contributed by atoms with Gasteiger partial charge in [-0.3, -0.25) is 19.7 Å². The van der Waals surface area contributed by atoms with Crippen molar-refractivity contribution in [1.29, 1.82) is 0 Å². The normalized spacial score (nSPS) is 12.9. The van der Waals surface area contributed by atoms with Gasteiger partial charge >= 0.3 is 0 Å². The highest BCUT2D eigenvalue weighted by Crippen LogP contribution is 2.10. The number of carbonyl (C=O) groups excluding carboxylic acids is 3. The molecular weight excluding hydrogens is 326 g/mol. The third kappa shape index (κ3) is 5.00. The summed E-state index contributed by atoms with van der Waals surface area (Å²) in [6.07, 6.45) is 0.201. The standard InChI is InChI=1S/C17H19N3O3S/c1-11(19-14(21)10-13-8-5-9-24-13)16(22)20-17(23)15(18)12-6-3-2-4-7-12/h2-9,11,15H,10,18H2,1H3,(H,19,21)(H,20,22,23)/t11-,15-/m0/s1. The second-order valence-corrected chi connectivity index (χ2v) is 6.32. The van der Waals surface area contributed by atoms with Crippen molar-refractivity contribution in [3.05, 3.63) is 58.3 Å². The highest BCUT2D eigenvalue weighted by Gasteiger charge is 2.22. The quantitative estimate of drug-likeness (QED) is 0.731. The number of hydrogen-bond donors (Lipinski definition) is 3. The number of carbonyl (C=O) groups is 3. The van der Waals surface area contributed by atoms with Crippen LogP contribution in [0.4, 0.5) is 0 Å². The van der Waals surface area contributed by atoms with Crippen LogP contribution in [-0.4, -0.2) is 23.8 Å². The van der Waals surface area contributed by atoms with E-state index in [1.807, 2.05) is 23.6 Å². The fraction of sp³-hybridized carbons (Fsp3) is 0.235. The molecule has 2 atom stereocenters. The van der Waals surface area contributed by atoms with Gasteiger partial charge in [-0.15, -0.1) is 11.3 Å². The molecule has 1 aromatic carbocycles. The number of nitrogens with one attached hydrogen (secondary N) is 2. The zero-order chi connectivity index (χ0) is 17.5. The van der Waals surface area contributed by atoms with E-state index in [0.29, 0.717) is 5.56 Å². The average Bonchev–Trinajstić information content (AvgIpc) is 3.07. The van der Waals surface area contributed by atoms with E-state index in [9.17, 15) is 14.4 Å². The van der Waals surface area contributed by atoms with Crippen LogP contribution in [0.3, 0.4) is 0 Å². The number of hydrogen-bond acceptors (Lipinski definition) is 5. The Morgan fingerprint density at radius 3 is 2.42 bits per heavy atom. The lowest BCUT2D eigenvalue weighted by atomic mass is 10.1. The SMILES string of the molecule is C[C@H](NC(=O)Cc1cccs1)C(=O)NC(=O)[C@@H](N)c1ccccc1. The molecule has 1 heterocycles. The molecule has 0 saturated carbocycles. The van der Waals surface area contributed by atoms with Crippen LogP contribution in [0.2, 0.25) is 0 Å². The zero-order valence-electron chi connectivity index (χ0n) is 13.2. The summed E-state index contributed by atoms with van der Waals surface area (Å²) in [6.45, 7) is 1.52. The van der Waals surface area contributed by atoms with Gasteiger partial charge in [-0.1, -0.05) is 36.4 Å². The Kier molecular flexibility index (Phi) is 6.22. The van der Waals surface area contributed by atoms with Crippen molar-refractivity contribution in [2.75, 3.05) is 0 Å². The predicted molar refractivity (Wildman–Crippen MR) is 92.1 cm³/mol. The van der Waals surface area contributed by atoms with Gasteiger partial charge in [0.15, 0.2) is 0 Å². The maximum atomic E-state index is 12.0. The first-order chi connectivity index (χ1) is 11.5. The fourth-order valence-corrected chi connectivity index (χ4v) is 2.75. The summed E-state index contributed by atoms with van der Waals surface area (Å²) in [5.41, 5.74) is 6.44. The van der Waals surface area contributed by atoms with Gasteiger partial charge in [-0.05, 0) is 23.9 Å².